The summed E-state index contributed by atoms with van der Waals surface area (Å²) in [7, 11) is 0. The first-order chi connectivity index (χ1) is 5.28. The van der Waals surface area contributed by atoms with Crippen LogP contribution in [0.4, 0.5) is 0 Å². The monoisotopic (exact) mass is 149 g/mol. The molecule has 0 aliphatic rings. The zero-order chi connectivity index (χ0) is 8.69. The van der Waals surface area contributed by atoms with Crippen molar-refractivity contribution in [2.24, 2.45) is 0 Å². The topological polar surface area (TPSA) is 12.0 Å². The van der Waals surface area contributed by atoms with Gasteiger partial charge in [-0.15, -0.1) is 0 Å². The normalized spacial score (nSPS) is 12.5. The van der Waals surface area contributed by atoms with Crippen molar-refractivity contribution in [3.05, 3.63) is 48.9 Å². The quantitative estimate of drug-likeness (QED) is 0.606. The zero-order valence-corrected chi connectivity index (χ0v) is 7.22. The lowest BCUT2D eigenvalue weighted by Gasteiger charge is -2.05. The van der Waals surface area contributed by atoms with E-state index in [9.17, 15) is 0 Å². The van der Waals surface area contributed by atoms with Gasteiger partial charge in [0.2, 0.25) is 0 Å². The first-order valence-electron chi connectivity index (χ1n) is 3.63. The molecule has 0 heterocycles. The lowest BCUT2D eigenvalue weighted by Crippen LogP contribution is -2.08. The van der Waals surface area contributed by atoms with E-state index in [0.717, 1.165) is 11.4 Å². The van der Waals surface area contributed by atoms with Gasteiger partial charge in [0.15, 0.2) is 0 Å². The predicted molar refractivity (Wildman–Crippen MR) is 51.0 cm³/mol. The van der Waals surface area contributed by atoms with Crippen LogP contribution in [-0.2, 0) is 0 Å². The van der Waals surface area contributed by atoms with Crippen molar-refractivity contribution >= 4 is 0 Å². The molecule has 0 rings (SSSR count). The fourth-order valence-corrected chi connectivity index (χ4v) is 0.649. The Hall–Kier alpha value is -1.24. The van der Waals surface area contributed by atoms with Crippen LogP contribution in [0.5, 0.6) is 0 Å². The van der Waals surface area contributed by atoms with Gasteiger partial charge in [-0.2, -0.15) is 0 Å². The average Bonchev–Trinajstić information content (AvgIpc) is 2.07. The molecule has 1 N–H and O–H groups in total. The van der Waals surface area contributed by atoms with Crippen LogP contribution in [0.15, 0.2) is 48.9 Å². The largest absolute Gasteiger partial charge is 0.356 e. The SMILES string of the molecule is C=C/C(=C\C)N/C(C=C)=C/C. The molecule has 0 radical (unpaired) electrons. The molecule has 0 amide bonds. The third-order valence-corrected chi connectivity index (χ3v) is 1.35. The van der Waals surface area contributed by atoms with E-state index in [1.165, 1.54) is 0 Å². The number of nitrogens with one attached hydrogen (secondary N) is 1. The summed E-state index contributed by atoms with van der Waals surface area (Å²) in [6.45, 7) is 11.2. The molecule has 0 aromatic rings. The van der Waals surface area contributed by atoms with Crippen LogP contribution >= 0.6 is 0 Å². The smallest absolute Gasteiger partial charge is 0.0334 e. The van der Waals surface area contributed by atoms with E-state index in [4.69, 9.17) is 0 Å². The van der Waals surface area contributed by atoms with Crippen LogP contribution in [0.3, 0.4) is 0 Å². The Morgan fingerprint density at radius 2 is 1.36 bits per heavy atom. The minimum absolute atomic E-state index is 0.998. The first kappa shape index (κ1) is 9.76. The van der Waals surface area contributed by atoms with Gasteiger partial charge in [-0.1, -0.05) is 25.3 Å². The van der Waals surface area contributed by atoms with E-state index in [1.807, 2.05) is 26.0 Å². The van der Waals surface area contributed by atoms with Gasteiger partial charge < -0.3 is 5.32 Å². The van der Waals surface area contributed by atoms with Crippen molar-refractivity contribution in [3.8, 4) is 0 Å². The van der Waals surface area contributed by atoms with Gasteiger partial charge in [0.25, 0.3) is 0 Å². The highest BCUT2D eigenvalue weighted by Crippen LogP contribution is 1.96. The summed E-state index contributed by atoms with van der Waals surface area (Å²) >= 11 is 0. The van der Waals surface area contributed by atoms with Crippen molar-refractivity contribution in [2.45, 2.75) is 13.8 Å². The molecular weight excluding hydrogens is 134 g/mol. The Bertz CT molecular complexity index is 175. The molecule has 0 bridgehead atoms. The van der Waals surface area contributed by atoms with Crippen LogP contribution < -0.4 is 5.32 Å². The Kier molecular flexibility index (Phi) is 4.91. The third kappa shape index (κ3) is 3.46. The lowest BCUT2D eigenvalue weighted by atomic mass is 10.3. The molecule has 0 unspecified atom stereocenters. The summed E-state index contributed by atoms with van der Waals surface area (Å²) < 4.78 is 0. The van der Waals surface area contributed by atoms with Crippen LogP contribution in [0.2, 0.25) is 0 Å². The van der Waals surface area contributed by atoms with Crippen molar-refractivity contribution in [2.75, 3.05) is 0 Å². The van der Waals surface area contributed by atoms with E-state index in [0.29, 0.717) is 0 Å². The number of hydrogen-bond acceptors (Lipinski definition) is 1. The number of hydrogen-bond donors (Lipinski definition) is 1. The summed E-state index contributed by atoms with van der Waals surface area (Å²) in [5, 5.41) is 3.14. The van der Waals surface area contributed by atoms with E-state index in [1.54, 1.807) is 12.2 Å². The van der Waals surface area contributed by atoms with E-state index >= 15 is 0 Å². The van der Waals surface area contributed by atoms with Crippen molar-refractivity contribution in [1.82, 2.24) is 5.32 Å². The van der Waals surface area contributed by atoms with Crippen molar-refractivity contribution in [1.29, 1.82) is 0 Å². The van der Waals surface area contributed by atoms with E-state index in [2.05, 4.69) is 18.5 Å². The van der Waals surface area contributed by atoms with Crippen LogP contribution in [-0.4, -0.2) is 0 Å². The molecule has 11 heavy (non-hydrogen) atoms. The van der Waals surface area contributed by atoms with Gasteiger partial charge in [-0.05, 0) is 26.0 Å². The highest BCUT2D eigenvalue weighted by molar-refractivity contribution is 5.24. The second-order valence-corrected chi connectivity index (χ2v) is 2.02. The summed E-state index contributed by atoms with van der Waals surface area (Å²) in [5.74, 6) is 0. The highest BCUT2D eigenvalue weighted by Gasteiger charge is 1.88. The average molecular weight is 149 g/mol. The zero-order valence-electron chi connectivity index (χ0n) is 7.22. The number of allylic oxidation sites excluding steroid dienone is 4. The summed E-state index contributed by atoms with van der Waals surface area (Å²) in [5.41, 5.74) is 2.00. The molecule has 0 fully saturated rings. The highest BCUT2D eigenvalue weighted by atomic mass is 14.9. The van der Waals surface area contributed by atoms with E-state index < -0.39 is 0 Å². The van der Waals surface area contributed by atoms with Crippen LogP contribution in [0.1, 0.15) is 13.8 Å². The predicted octanol–water partition coefficient (Wildman–Crippen LogP) is 2.76. The van der Waals surface area contributed by atoms with E-state index in [-0.39, 0.29) is 0 Å². The molecule has 0 spiro atoms. The van der Waals surface area contributed by atoms with Crippen LogP contribution in [0, 0.1) is 0 Å². The molecule has 0 atom stereocenters. The molecule has 0 aromatic heterocycles. The van der Waals surface area contributed by atoms with Crippen molar-refractivity contribution in [3.63, 3.8) is 0 Å². The maximum absolute atomic E-state index is 3.66. The summed E-state index contributed by atoms with van der Waals surface area (Å²) in [4.78, 5) is 0. The second-order valence-electron chi connectivity index (χ2n) is 2.02. The van der Waals surface area contributed by atoms with Gasteiger partial charge in [-0.25, -0.2) is 0 Å². The van der Waals surface area contributed by atoms with Crippen LogP contribution in [0.25, 0.3) is 0 Å². The second kappa shape index (κ2) is 5.54. The number of rotatable bonds is 4. The molecule has 0 aromatic carbocycles. The standard InChI is InChI=1S/C10H15N/c1-5-9(6-2)11-10(7-3)8-4/h5-8,11H,1,3H2,2,4H3/b9-6+,10-8+. The van der Waals surface area contributed by atoms with Gasteiger partial charge in [0.05, 0.1) is 0 Å². The Balaban J connectivity index is 4.22. The molecule has 1 nitrogen and oxygen atoms in total. The molecule has 0 aliphatic carbocycles. The molecule has 0 saturated heterocycles. The molecule has 0 saturated carbocycles. The lowest BCUT2D eigenvalue weighted by molar-refractivity contribution is 1.04. The molecule has 60 valence electrons. The fraction of sp³-hybridized carbons (Fsp3) is 0.200. The fourth-order valence-electron chi connectivity index (χ4n) is 0.649. The molecule has 0 aliphatic heterocycles. The Morgan fingerprint density at radius 1 is 1.00 bits per heavy atom. The minimum atomic E-state index is 0.998. The minimum Gasteiger partial charge on any atom is -0.356 e. The Morgan fingerprint density at radius 3 is 1.55 bits per heavy atom. The van der Waals surface area contributed by atoms with Gasteiger partial charge in [0, 0.05) is 11.4 Å². The molecular formula is C10H15N. The summed E-state index contributed by atoms with van der Waals surface area (Å²) in [6, 6.07) is 0. The molecule has 1 heteroatoms. The van der Waals surface area contributed by atoms with Gasteiger partial charge in [-0.3, -0.25) is 0 Å². The maximum atomic E-state index is 3.66. The third-order valence-electron chi connectivity index (χ3n) is 1.35. The first-order valence-corrected chi connectivity index (χ1v) is 3.63. The maximum Gasteiger partial charge on any atom is 0.0334 e. The Labute approximate surface area is 68.8 Å². The summed E-state index contributed by atoms with van der Waals surface area (Å²) in [6.07, 6.45) is 7.46. The van der Waals surface area contributed by atoms with Crippen molar-refractivity contribution < 1.29 is 0 Å². The van der Waals surface area contributed by atoms with Gasteiger partial charge in [0.1, 0.15) is 0 Å². The van der Waals surface area contributed by atoms with Gasteiger partial charge >= 0.3 is 0 Å².